The van der Waals surface area contributed by atoms with Gasteiger partial charge in [0, 0.05) is 23.1 Å². The zero-order valence-corrected chi connectivity index (χ0v) is 10.9. The number of nitro groups is 1. The molecule has 1 aromatic carbocycles. The van der Waals surface area contributed by atoms with Crippen LogP contribution >= 0.6 is 11.6 Å². The van der Waals surface area contributed by atoms with Crippen molar-refractivity contribution in [1.29, 1.82) is 0 Å². The number of aromatic carboxylic acids is 1. The van der Waals surface area contributed by atoms with Crippen molar-refractivity contribution in [2.24, 2.45) is 0 Å². The van der Waals surface area contributed by atoms with Gasteiger partial charge in [-0.05, 0) is 25.0 Å². The van der Waals surface area contributed by atoms with Crippen molar-refractivity contribution < 1.29 is 14.8 Å². The second-order valence-corrected chi connectivity index (χ2v) is 5.16. The number of nitrogens with zero attached hydrogens (tertiary/aromatic N) is 2. The Morgan fingerprint density at radius 3 is 2.65 bits per heavy atom. The number of pyridine rings is 1. The highest BCUT2D eigenvalue weighted by molar-refractivity contribution is 6.33. The number of fused-ring (bicyclic) bond motifs is 1. The summed E-state index contributed by atoms with van der Waals surface area (Å²) in [6.45, 7) is 0. The molecular weight excluding hydrogens is 284 g/mol. The lowest BCUT2D eigenvalue weighted by atomic mass is 10.1. The van der Waals surface area contributed by atoms with Crippen molar-refractivity contribution >= 4 is 34.2 Å². The zero-order chi connectivity index (χ0) is 14.4. The van der Waals surface area contributed by atoms with Crippen molar-refractivity contribution in [3.63, 3.8) is 0 Å². The number of carbonyl (C=O) groups is 1. The molecule has 0 spiro atoms. The number of carboxylic acid groups (broad SMARTS) is 1. The normalized spacial score (nSPS) is 14.4. The van der Waals surface area contributed by atoms with Crippen LogP contribution in [0.4, 0.5) is 5.69 Å². The topological polar surface area (TPSA) is 93.3 Å². The quantitative estimate of drug-likeness (QED) is 0.691. The van der Waals surface area contributed by atoms with E-state index in [2.05, 4.69) is 4.98 Å². The van der Waals surface area contributed by atoms with Gasteiger partial charge in [-0.2, -0.15) is 0 Å². The standard InChI is InChI=1S/C13H9ClN2O4/c14-9-5-11-7(4-12(9)16(19)20)8(13(17)18)3-10(15-11)6-1-2-6/h3-6H,1-2H2,(H,17,18). The molecule has 6 nitrogen and oxygen atoms in total. The van der Waals surface area contributed by atoms with Gasteiger partial charge in [0.2, 0.25) is 0 Å². The molecule has 0 bridgehead atoms. The van der Waals surface area contributed by atoms with Gasteiger partial charge < -0.3 is 5.11 Å². The van der Waals surface area contributed by atoms with Crippen LogP contribution in [0.5, 0.6) is 0 Å². The molecule has 1 N–H and O–H groups in total. The number of hydrogen-bond donors (Lipinski definition) is 1. The molecule has 102 valence electrons. The van der Waals surface area contributed by atoms with E-state index in [0.29, 0.717) is 11.2 Å². The lowest BCUT2D eigenvalue weighted by Crippen LogP contribution is -2.02. The van der Waals surface area contributed by atoms with E-state index >= 15 is 0 Å². The first-order chi connectivity index (χ1) is 9.47. The maximum Gasteiger partial charge on any atom is 0.336 e. The number of halogens is 1. The van der Waals surface area contributed by atoms with Crippen molar-refractivity contribution in [1.82, 2.24) is 4.98 Å². The van der Waals surface area contributed by atoms with E-state index in [1.165, 1.54) is 18.2 Å². The molecule has 0 radical (unpaired) electrons. The monoisotopic (exact) mass is 292 g/mol. The molecule has 0 aliphatic heterocycles. The van der Waals surface area contributed by atoms with Crippen molar-refractivity contribution in [2.45, 2.75) is 18.8 Å². The van der Waals surface area contributed by atoms with Gasteiger partial charge >= 0.3 is 5.97 Å². The number of hydrogen-bond acceptors (Lipinski definition) is 4. The third-order valence-electron chi connectivity index (χ3n) is 3.32. The third kappa shape index (κ3) is 2.08. The van der Waals surface area contributed by atoms with Crippen LogP contribution in [-0.2, 0) is 0 Å². The number of rotatable bonds is 3. The highest BCUT2D eigenvalue weighted by Gasteiger charge is 2.28. The molecule has 0 unspecified atom stereocenters. The van der Waals surface area contributed by atoms with Crippen LogP contribution in [0.3, 0.4) is 0 Å². The number of benzene rings is 1. The van der Waals surface area contributed by atoms with E-state index in [4.69, 9.17) is 11.6 Å². The van der Waals surface area contributed by atoms with Crippen molar-refractivity contribution in [3.8, 4) is 0 Å². The SMILES string of the molecule is O=C(O)c1cc(C2CC2)nc2cc(Cl)c([N+](=O)[O-])cc12. The zero-order valence-electron chi connectivity index (χ0n) is 10.2. The summed E-state index contributed by atoms with van der Waals surface area (Å²) in [7, 11) is 0. The third-order valence-corrected chi connectivity index (χ3v) is 3.62. The Labute approximate surface area is 118 Å². The molecule has 2 aromatic rings. The summed E-state index contributed by atoms with van der Waals surface area (Å²) < 4.78 is 0. The maximum absolute atomic E-state index is 11.3. The molecule has 1 saturated carbocycles. The Bertz CT molecular complexity index is 756. The first kappa shape index (κ1) is 12.8. The summed E-state index contributed by atoms with van der Waals surface area (Å²) in [5.74, 6) is -0.845. The minimum Gasteiger partial charge on any atom is -0.478 e. The van der Waals surface area contributed by atoms with Gasteiger partial charge in [0.1, 0.15) is 5.02 Å². The minimum absolute atomic E-state index is 0.0247. The van der Waals surface area contributed by atoms with Gasteiger partial charge in [-0.25, -0.2) is 4.79 Å². The molecule has 0 atom stereocenters. The Morgan fingerprint density at radius 2 is 2.10 bits per heavy atom. The van der Waals surface area contributed by atoms with Crippen LogP contribution in [0, 0.1) is 10.1 Å². The lowest BCUT2D eigenvalue weighted by Gasteiger charge is -2.07. The Kier molecular flexibility index (Phi) is 2.83. The Balaban J connectivity index is 2.32. The fourth-order valence-corrected chi connectivity index (χ4v) is 2.39. The lowest BCUT2D eigenvalue weighted by molar-refractivity contribution is -0.384. The van der Waals surface area contributed by atoms with Crippen molar-refractivity contribution in [2.75, 3.05) is 0 Å². The number of aromatic nitrogens is 1. The molecule has 1 aliphatic carbocycles. The summed E-state index contributed by atoms with van der Waals surface area (Å²) in [6.07, 6.45) is 1.97. The molecule has 20 heavy (non-hydrogen) atoms. The van der Waals surface area contributed by atoms with Gasteiger partial charge in [0.15, 0.2) is 0 Å². The van der Waals surface area contributed by atoms with E-state index < -0.39 is 10.9 Å². The van der Waals surface area contributed by atoms with Crippen LogP contribution < -0.4 is 0 Å². The van der Waals surface area contributed by atoms with E-state index in [0.717, 1.165) is 12.8 Å². The predicted molar refractivity (Wildman–Crippen MR) is 72.3 cm³/mol. The first-order valence-corrected chi connectivity index (χ1v) is 6.37. The fraction of sp³-hybridized carbons (Fsp3) is 0.231. The van der Waals surface area contributed by atoms with Gasteiger partial charge in [0.05, 0.1) is 16.0 Å². The highest BCUT2D eigenvalue weighted by Crippen LogP contribution is 2.41. The summed E-state index contributed by atoms with van der Waals surface area (Å²) in [6, 6.07) is 4.03. The van der Waals surface area contributed by atoms with Gasteiger partial charge in [0.25, 0.3) is 5.69 Å². The van der Waals surface area contributed by atoms with Gasteiger partial charge in [-0.1, -0.05) is 11.6 Å². The van der Waals surface area contributed by atoms with Crippen LogP contribution in [-0.4, -0.2) is 21.0 Å². The second kappa shape index (κ2) is 4.42. The molecule has 3 rings (SSSR count). The first-order valence-electron chi connectivity index (χ1n) is 5.99. The number of nitro benzene ring substituents is 1. The maximum atomic E-state index is 11.3. The smallest absolute Gasteiger partial charge is 0.336 e. The molecule has 7 heteroatoms. The average molecular weight is 293 g/mol. The second-order valence-electron chi connectivity index (χ2n) is 4.75. The largest absolute Gasteiger partial charge is 0.478 e. The summed E-state index contributed by atoms with van der Waals surface area (Å²) in [4.78, 5) is 26.0. The van der Waals surface area contributed by atoms with Crippen LogP contribution in [0.15, 0.2) is 18.2 Å². The van der Waals surface area contributed by atoms with Gasteiger partial charge in [-0.3, -0.25) is 15.1 Å². The summed E-state index contributed by atoms with van der Waals surface area (Å²) in [5, 5.41) is 20.4. The predicted octanol–water partition coefficient (Wildman–Crippen LogP) is 3.37. The van der Waals surface area contributed by atoms with Crippen LogP contribution in [0.1, 0.15) is 34.8 Å². The number of carboxylic acids is 1. The molecular formula is C13H9ClN2O4. The molecule has 1 aromatic heterocycles. The summed E-state index contributed by atoms with van der Waals surface area (Å²) >= 11 is 5.85. The molecule has 1 heterocycles. The van der Waals surface area contributed by atoms with Gasteiger partial charge in [-0.15, -0.1) is 0 Å². The van der Waals surface area contributed by atoms with E-state index in [9.17, 15) is 20.0 Å². The van der Waals surface area contributed by atoms with Crippen LogP contribution in [0.25, 0.3) is 10.9 Å². The molecule has 1 fully saturated rings. The highest BCUT2D eigenvalue weighted by atomic mass is 35.5. The molecule has 0 saturated heterocycles. The molecule has 1 aliphatic rings. The van der Waals surface area contributed by atoms with Crippen molar-refractivity contribution in [3.05, 3.63) is 44.6 Å². The van der Waals surface area contributed by atoms with E-state index in [-0.39, 0.29) is 27.6 Å². The van der Waals surface area contributed by atoms with E-state index in [1.54, 1.807) is 0 Å². The van der Waals surface area contributed by atoms with E-state index in [1.807, 2.05) is 0 Å². The minimum atomic E-state index is -1.13. The van der Waals surface area contributed by atoms with Crippen LogP contribution in [0.2, 0.25) is 5.02 Å². The fourth-order valence-electron chi connectivity index (χ4n) is 2.16. The molecule has 0 amide bonds. The average Bonchev–Trinajstić information content (AvgIpc) is 3.20. The Hall–Kier alpha value is -2.21. The Morgan fingerprint density at radius 1 is 1.40 bits per heavy atom. The summed E-state index contributed by atoms with van der Waals surface area (Å²) in [5.41, 5.74) is 0.793.